The van der Waals surface area contributed by atoms with Crippen LogP contribution in [0.25, 0.3) is 0 Å². The molecule has 0 saturated carbocycles. The topological polar surface area (TPSA) is 199 Å². The van der Waals surface area contributed by atoms with Gasteiger partial charge in [-0.1, -0.05) is 0 Å². The average molecular weight is 306 g/mol. The van der Waals surface area contributed by atoms with Crippen molar-refractivity contribution in [3.8, 4) is 0 Å². The Balaban J connectivity index is -0.000000352. The van der Waals surface area contributed by atoms with E-state index in [1.54, 1.807) is 0 Å². The first kappa shape index (κ1) is 24.3. The summed E-state index contributed by atoms with van der Waals surface area (Å²) in [5.74, 6) is -11.0. The molecule has 1 rings (SSSR count). The predicted octanol–water partition coefficient (Wildman–Crippen LogP) is -10.5. The van der Waals surface area contributed by atoms with E-state index in [-0.39, 0.29) is 41.9 Å². The van der Waals surface area contributed by atoms with Crippen LogP contribution in [0.3, 0.4) is 0 Å². The fourth-order valence-electron chi connectivity index (χ4n) is 0.479. The second kappa shape index (κ2) is 11.0. The number of carboxylic acids is 3. The maximum absolute atomic E-state index is 10.3. The van der Waals surface area contributed by atoms with E-state index in [0.717, 1.165) is 0 Å². The molecular weight excluding hydrogens is 306 g/mol. The van der Waals surface area contributed by atoms with Crippen molar-refractivity contribution in [1.82, 2.24) is 0 Å². The molecule has 1 heterocycles. The molecule has 1 aliphatic rings. The Bertz CT molecular complexity index is 435. The standard InChI is InChI=1S/C4HBO8.C2H2O4.Li.Mg/c6-1(7)2(8)11-5-12-3(9)4(10)13-5;3-1(4)2(5)6;;/h(H,6,7);(H,3,4)(H,5,6);;/q;;+1;+2/p-3. The van der Waals surface area contributed by atoms with Gasteiger partial charge in [0.05, 0.1) is 11.9 Å². The van der Waals surface area contributed by atoms with E-state index >= 15 is 0 Å². The smallest absolute Gasteiger partial charge is 0.543 e. The molecule has 1 aliphatic heterocycles. The van der Waals surface area contributed by atoms with Gasteiger partial charge in [-0.15, -0.1) is 0 Å². The van der Waals surface area contributed by atoms with Crippen molar-refractivity contribution in [3.63, 3.8) is 0 Å². The van der Waals surface area contributed by atoms with E-state index in [9.17, 15) is 24.3 Å². The van der Waals surface area contributed by atoms with E-state index in [4.69, 9.17) is 19.8 Å². The number of carbonyl (C=O) groups excluding carboxylic acids is 6. The first-order valence-electron chi connectivity index (χ1n) is 3.91. The molecular formula is C6BLiMgO12. The van der Waals surface area contributed by atoms with Crippen LogP contribution in [0.5, 0.6) is 0 Å². The van der Waals surface area contributed by atoms with E-state index < -0.39 is 43.1 Å². The van der Waals surface area contributed by atoms with Gasteiger partial charge in [0.1, 0.15) is 0 Å². The molecule has 0 aromatic rings. The monoisotopic (exact) mass is 306 g/mol. The number of hydrogen-bond acceptors (Lipinski definition) is 12. The number of aliphatic carboxylic acids is 3. The second-order valence-corrected chi connectivity index (χ2v) is 2.37. The molecule has 0 aliphatic carbocycles. The van der Waals surface area contributed by atoms with Crippen molar-refractivity contribution >= 4 is 66.2 Å². The Hall–Kier alpha value is -1.75. The third-order valence-electron chi connectivity index (χ3n) is 1.11. The molecule has 0 amide bonds. The van der Waals surface area contributed by atoms with Crippen molar-refractivity contribution in [2.24, 2.45) is 0 Å². The minimum Gasteiger partial charge on any atom is -0.543 e. The van der Waals surface area contributed by atoms with Gasteiger partial charge in [0.25, 0.3) is 0 Å². The molecule has 0 aromatic heterocycles. The summed E-state index contributed by atoms with van der Waals surface area (Å²) in [4.78, 5) is 58.5. The molecule has 0 atom stereocenters. The Morgan fingerprint density at radius 1 is 0.857 bits per heavy atom. The quantitative estimate of drug-likeness (QED) is 0.327. The zero-order valence-corrected chi connectivity index (χ0v) is 11.6. The average Bonchev–Trinajstić information content (AvgIpc) is 2.58. The Labute approximate surface area is 143 Å². The third kappa shape index (κ3) is 9.73. The van der Waals surface area contributed by atoms with Crippen molar-refractivity contribution in [1.29, 1.82) is 0 Å². The maximum Gasteiger partial charge on any atom is 2.00 e. The molecule has 0 spiro atoms. The van der Waals surface area contributed by atoms with Crippen LogP contribution in [0, 0.1) is 0 Å². The van der Waals surface area contributed by atoms with E-state index in [0.29, 0.717) is 0 Å². The fraction of sp³-hybridized carbons (Fsp3) is 0. The van der Waals surface area contributed by atoms with Crippen molar-refractivity contribution in [2.45, 2.75) is 0 Å². The van der Waals surface area contributed by atoms with Crippen LogP contribution in [0.2, 0.25) is 0 Å². The summed E-state index contributed by atoms with van der Waals surface area (Å²) in [5.41, 5.74) is 0. The Kier molecular flexibility index (Phi) is 12.7. The van der Waals surface area contributed by atoms with E-state index in [1.807, 2.05) is 0 Å². The van der Waals surface area contributed by atoms with Gasteiger partial charge in [0, 0.05) is 0 Å². The molecule has 0 aromatic carbocycles. The molecule has 0 N–H and O–H groups in total. The SMILES string of the molecule is O=C([O-])C(=O)OB1OC(=O)C(=O)O1.O=C([O-])C(=O)[O-].[Li+].[Mg+2]. The van der Waals surface area contributed by atoms with Gasteiger partial charge in [-0.3, -0.25) is 0 Å². The second-order valence-electron chi connectivity index (χ2n) is 2.37. The summed E-state index contributed by atoms with van der Waals surface area (Å²) in [7, 11) is -1.94. The molecule has 1 fully saturated rings. The number of carboxylic acid groups (broad SMARTS) is 3. The minimum atomic E-state index is -2.19. The summed E-state index contributed by atoms with van der Waals surface area (Å²) in [6.45, 7) is 0. The van der Waals surface area contributed by atoms with Crippen LogP contribution in [0.4, 0.5) is 0 Å². The largest absolute Gasteiger partial charge is 2.00 e. The van der Waals surface area contributed by atoms with E-state index in [2.05, 4.69) is 14.0 Å². The Morgan fingerprint density at radius 2 is 1.19 bits per heavy atom. The third-order valence-corrected chi connectivity index (χ3v) is 1.11. The first-order valence-corrected chi connectivity index (χ1v) is 3.91. The predicted molar refractivity (Wildman–Crippen MR) is 44.8 cm³/mol. The molecule has 15 heteroatoms. The summed E-state index contributed by atoms with van der Waals surface area (Å²) in [5, 5.41) is 27.6. The number of hydrogen-bond donors (Lipinski definition) is 0. The summed E-state index contributed by atoms with van der Waals surface area (Å²) in [6, 6.07) is 0. The summed E-state index contributed by atoms with van der Waals surface area (Å²) in [6.07, 6.45) is 0. The van der Waals surface area contributed by atoms with Crippen LogP contribution in [0.1, 0.15) is 0 Å². The van der Waals surface area contributed by atoms with Gasteiger partial charge in [0.2, 0.25) is 0 Å². The fourth-order valence-corrected chi connectivity index (χ4v) is 0.479. The van der Waals surface area contributed by atoms with Gasteiger partial charge < -0.3 is 43.7 Å². The molecule has 102 valence electrons. The minimum absolute atomic E-state index is 0. The zero-order chi connectivity index (χ0) is 15.2. The number of rotatable bonds is 1. The molecule has 0 unspecified atom stereocenters. The van der Waals surface area contributed by atoms with Crippen molar-refractivity contribution in [2.75, 3.05) is 0 Å². The number of carbonyl (C=O) groups is 6. The normalized spacial score (nSPS) is 11.3. The molecule has 12 nitrogen and oxygen atoms in total. The van der Waals surface area contributed by atoms with E-state index in [1.165, 1.54) is 0 Å². The van der Waals surface area contributed by atoms with Crippen LogP contribution >= 0.6 is 0 Å². The van der Waals surface area contributed by atoms with Gasteiger partial charge >= 0.3 is 67.1 Å². The summed E-state index contributed by atoms with van der Waals surface area (Å²) >= 11 is 0. The maximum atomic E-state index is 10.3. The van der Waals surface area contributed by atoms with Crippen LogP contribution in [-0.2, 0) is 42.7 Å². The van der Waals surface area contributed by atoms with Gasteiger partial charge in [0.15, 0.2) is 5.97 Å². The van der Waals surface area contributed by atoms with Crippen molar-refractivity contribution in [3.05, 3.63) is 0 Å². The Morgan fingerprint density at radius 3 is 1.43 bits per heavy atom. The van der Waals surface area contributed by atoms with Crippen molar-refractivity contribution < 1.29 is 76.9 Å². The molecule has 0 radical (unpaired) electrons. The zero-order valence-electron chi connectivity index (χ0n) is 10.2. The van der Waals surface area contributed by atoms with Gasteiger partial charge in [-0.2, -0.15) is 0 Å². The molecule has 1 saturated heterocycles. The molecule has 0 bridgehead atoms. The first-order chi connectivity index (χ1) is 8.65. The van der Waals surface area contributed by atoms with Crippen LogP contribution in [-0.4, -0.2) is 66.2 Å². The van der Waals surface area contributed by atoms with Gasteiger partial charge in [-0.05, 0) is 0 Å². The summed E-state index contributed by atoms with van der Waals surface area (Å²) < 4.78 is 11.7. The van der Waals surface area contributed by atoms with Crippen LogP contribution < -0.4 is 34.2 Å². The van der Waals surface area contributed by atoms with Crippen LogP contribution in [0.15, 0.2) is 0 Å². The molecule has 21 heavy (non-hydrogen) atoms. The van der Waals surface area contributed by atoms with Gasteiger partial charge in [-0.25, -0.2) is 14.4 Å².